The van der Waals surface area contributed by atoms with Crippen LogP contribution in [0.2, 0.25) is 0 Å². The molecule has 1 aromatic carbocycles. The van der Waals surface area contributed by atoms with Gasteiger partial charge in [-0.25, -0.2) is 12.8 Å². The minimum Gasteiger partial charge on any atom is -0.313 e. The average Bonchev–Trinajstić information content (AvgIpc) is 2.16. The van der Waals surface area contributed by atoms with Gasteiger partial charge >= 0.3 is 0 Å². The molecule has 1 aliphatic rings. The zero-order valence-corrected chi connectivity index (χ0v) is 9.43. The van der Waals surface area contributed by atoms with Gasteiger partial charge in [0.05, 0.1) is 5.75 Å². The summed E-state index contributed by atoms with van der Waals surface area (Å²) in [5.41, 5.74) is 0.390. The number of hydrogen-bond acceptors (Lipinski definition) is 3. The molecule has 0 saturated carbocycles. The summed E-state index contributed by atoms with van der Waals surface area (Å²) in [6.45, 7) is 0.872. The van der Waals surface area contributed by atoms with E-state index in [0.29, 0.717) is 5.69 Å². The average molecular weight is 244 g/mol. The summed E-state index contributed by atoms with van der Waals surface area (Å²) in [7, 11) is -3.34. The molecule has 1 fully saturated rings. The molecule has 1 unspecified atom stereocenters. The number of sulfonamides is 1. The maximum Gasteiger partial charge on any atom is 0.234 e. The maximum atomic E-state index is 12.6. The molecule has 0 radical (unpaired) electrons. The standard InChI is InChI=1S/C10H13FN2O2S/c11-8-1-3-9(4-2-8)13-16(14,15)7-10-5-6-12-10/h1-4,10,12-13H,5-7H2. The second-order valence-corrected chi connectivity index (χ2v) is 5.60. The van der Waals surface area contributed by atoms with Gasteiger partial charge in [-0.2, -0.15) is 0 Å². The highest BCUT2D eigenvalue weighted by atomic mass is 32.2. The molecular weight excluding hydrogens is 231 g/mol. The highest BCUT2D eigenvalue weighted by Gasteiger charge is 2.23. The lowest BCUT2D eigenvalue weighted by Gasteiger charge is -2.27. The largest absolute Gasteiger partial charge is 0.313 e. The Morgan fingerprint density at radius 2 is 2.00 bits per heavy atom. The van der Waals surface area contributed by atoms with Crippen molar-refractivity contribution in [2.75, 3.05) is 17.0 Å². The van der Waals surface area contributed by atoms with Crippen LogP contribution in [0.5, 0.6) is 0 Å². The van der Waals surface area contributed by atoms with E-state index in [1.807, 2.05) is 0 Å². The van der Waals surface area contributed by atoms with E-state index in [2.05, 4.69) is 10.0 Å². The van der Waals surface area contributed by atoms with E-state index in [9.17, 15) is 12.8 Å². The first-order chi connectivity index (χ1) is 7.55. The maximum absolute atomic E-state index is 12.6. The van der Waals surface area contributed by atoms with Crippen molar-refractivity contribution in [3.05, 3.63) is 30.1 Å². The van der Waals surface area contributed by atoms with Crippen molar-refractivity contribution < 1.29 is 12.8 Å². The lowest BCUT2D eigenvalue weighted by Crippen LogP contribution is -2.48. The van der Waals surface area contributed by atoms with E-state index >= 15 is 0 Å². The molecule has 2 N–H and O–H groups in total. The predicted molar refractivity (Wildman–Crippen MR) is 60.2 cm³/mol. The Kier molecular flexibility index (Phi) is 3.11. The predicted octanol–water partition coefficient (Wildman–Crippen LogP) is 0.929. The van der Waals surface area contributed by atoms with Crippen molar-refractivity contribution in [1.82, 2.24) is 5.32 Å². The van der Waals surface area contributed by atoms with Crippen molar-refractivity contribution in [2.45, 2.75) is 12.5 Å². The summed E-state index contributed by atoms with van der Waals surface area (Å²) in [5, 5.41) is 3.02. The molecule has 6 heteroatoms. The lowest BCUT2D eigenvalue weighted by molar-refractivity contribution is 0.399. The highest BCUT2D eigenvalue weighted by molar-refractivity contribution is 7.92. The molecule has 1 aliphatic heterocycles. The SMILES string of the molecule is O=S(=O)(CC1CCN1)Nc1ccc(F)cc1. The zero-order valence-electron chi connectivity index (χ0n) is 8.61. The van der Waals surface area contributed by atoms with Crippen molar-refractivity contribution in [2.24, 2.45) is 0 Å². The van der Waals surface area contributed by atoms with Crippen LogP contribution in [-0.4, -0.2) is 26.8 Å². The van der Waals surface area contributed by atoms with Crippen LogP contribution in [-0.2, 0) is 10.0 Å². The molecule has 1 atom stereocenters. The molecule has 0 spiro atoms. The van der Waals surface area contributed by atoms with Crippen molar-refractivity contribution in [1.29, 1.82) is 0 Å². The third-order valence-corrected chi connectivity index (χ3v) is 3.85. The first-order valence-electron chi connectivity index (χ1n) is 5.05. The fraction of sp³-hybridized carbons (Fsp3) is 0.400. The zero-order chi connectivity index (χ0) is 11.6. The summed E-state index contributed by atoms with van der Waals surface area (Å²) >= 11 is 0. The van der Waals surface area contributed by atoms with E-state index < -0.39 is 10.0 Å². The Balaban J connectivity index is 1.99. The Morgan fingerprint density at radius 3 is 2.50 bits per heavy atom. The summed E-state index contributed by atoms with van der Waals surface area (Å²) in [5.74, 6) is -0.326. The van der Waals surface area contributed by atoms with Crippen molar-refractivity contribution >= 4 is 15.7 Å². The minimum absolute atomic E-state index is 0.0398. The van der Waals surface area contributed by atoms with Gasteiger partial charge < -0.3 is 5.32 Å². The number of halogens is 1. The van der Waals surface area contributed by atoms with Crippen LogP contribution in [0.25, 0.3) is 0 Å². The van der Waals surface area contributed by atoms with Gasteiger partial charge in [-0.1, -0.05) is 0 Å². The van der Waals surface area contributed by atoms with E-state index in [4.69, 9.17) is 0 Å². The van der Waals surface area contributed by atoms with Gasteiger partial charge in [-0.05, 0) is 37.2 Å². The Bertz CT molecular complexity index is 454. The third kappa shape index (κ3) is 2.93. The number of benzene rings is 1. The van der Waals surface area contributed by atoms with E-state index in [0.717, 1.165) is 13.0 Å². The molecule has 4 nitrogen and oxygen atoms in total. The molecule has 1 saturated heterocycles. The van der Waals surface area contributed by atoms with Gasteiger partial charge in [0.15, 0.2) is 0 Å². The van der Waals surface area contributed by atoms with Crippen LogP contribution in [0, 0.1) is 5.82 Å². The van der Waals surface area contributed by atoms with Crippen molar-refractivity contribution in [3.8, 4) is 0 Å². The van der Waals surface area contributed by atoms with Gasteiger partial charge in [-0.3, -0.25) is 4.72 Å². The van der Waals surface area contributed by atoms with Gasteiger partial charge in [-0.15, -0.1) is 0 Å². The van der Waals surface area contributed by atoms with Gasteiger partial charge in [0.1, 0.15) is 5.82 Å². The van der Waals surface area contributed by atoms with Gasteiger partial charge in [0.25, 0.3) is 0 Å². The summed E-state index contributed by atoms with van der Waals surface area (Å²) in [4.78, 5) is 0. The summed E-state index contributed by atoms with van der Waals surface area (Å²) in [6, 6.07) is 5.29. The van der Waals surface area contributed by atoms with Crippen LogP contribution >= 0.6 is 0 Å². The summed E-state index contributed by atoms with van der Waals surface area (Å²) in [6.07, 6.45) is 0.879. The minimum atomic E-state index is -3.34. The Morgan fingerprint density at radius 1 is 1.38 bits per heavy atom. The van der Waals surface area contributed by atoms with Gasteiger partial charge in [0, 0.05) is 11.7 Å². The first-order valence-corrected chi connectivity index (χ1v) is 6.70. The van der Waals surface area contributed by atoms with Gasteiger partial charge in [0.2, 0.25) is 10.0 Å². The summed E-state index contributed by atoms with van der Waals surface area (Å²) < 4.78 is 38.3. The monoisotopic (exact) mass is 244 g/mol. The quantitative estimate of drug-likeness (QED) is 0.828. The van der Waals surface area contributed by atoms with Crippen LogP contribution in [0.15, 0.2) is 24.3 Å². The topological polar surface area (TPSA) is 58.2 Å². The van der Waals surface area contributed by atoms with E-state index in [1.54, 1.807) is 0 Å². The fourth-order valence-corrected chi connectivity index (χ4v) is 2.89. The Hall–Kier alpha value is -1.14. The molecule has 16 heavy (non-hydrogen) atoms. The van der Waals surface area contributed by atoms with E-state index in [-0.39, 0.29) is 17.6 Å². The molecule has 0 aromatic heterocycles. The number of hydrogen-bond donors (Lipinski definition) is 2. The molecule has 2 rings (SSSR count). The second-order valence-electron chi connectivity index (χ2n) is 3.83. The molecule has 1 heterocycles. The Labute approximate surface area is 93.9 Å². The third-order valence-electron chi connectivity index (χ3n) is 2.46. The molecule has 1 aromatic rings. The number of rotatable bonds is 4. The van der Waals surface area contributed by atoms with Crippen LogP contribution < -0.4 is 10.0 Å². The number of nitrogens with one attached hydrogen (secondary N) is 2. The molecule has 88 valence electrons. The molecular formula is C10H13FN2O2S. The van der Waals surface area contributed by atoms with E-state index in [1.165, 1.54) is 24.3 Å². The second kappa shape index (κ2) is 4.39. The fourth-order valence-electron chi connectivity index (χ4n) is 1.49. The van der Waals surface area contributed by atoms with Crippen LogP contribution in [0.4, 0.5) is 10.1 Å². The van der Waals surface area contributed by atoms with Crippen molar-refractivity contribution in [3.63, 3.8) is 0 Å². The smallest absolute Gasteiger partial charge is 0.234 e. The van der Waals surface area contributed by atoms with Crippen LogP contribution in [0.1, 0.15) is 6.42 Å². The molecule has 0 bridgehead atoms. The normalized spacial score (nSPS) is 20.2. The molecule has 0 aliphatic carbocycles. The lowest BCUT2D eigenvalue weighted by atomic mass is 10.1. The highest BCUT2D eigenvalue weighted by Crippen LogP contribution is 2.12. The molecule has 0 amide bonds. The first kappa shape index (κ1) is 11.3. The van der Waals surface area contributed by atoms with Crippen LogP contribution in [0.3, 0.4) is 0 Å². The number of anilines is 1.